The van der Waals surface area contributed by atoms with Gasteiger partial charge in [0.25, 0.3) is 0 Å². The number of rotatable bonds is 5. The zero-order chi connectivity index (χ0) is 13.0. The molecule has 1 aromatic carbocycles. The van der Waals surface area contributed by atoms with Crippen molar-refractivity contribution >= 4 is 11.3 Å². The van der Waals surface area contributed by atoms with Crippen LogP contribution in [0.2, 0.25) is 0 Å². The van der Waals surface area contributed by atoms with Crippen molar-refractivity contribution in [2.45, 2.75) is 18.9 Å². The van der Waals surface area contributed by atoms with Crippen molar-refractivity contribution in [3.8, 4) is 0 Å². The SMILES string of the molecule is CNC(CCc1cccs1)c1cc(F)ccc1F. The van der Waals surface area contributed by atoms with Crippen LogP contribution in [0.4, 0.5) is 8.78 Å². The minimum absolute atomic E-state index is 0.164. The Labute approximate surface area is 109 Å². The van der Waals surface area contributed by atoms with Gasteiger partial charge in [0, 0.05) is 16.5 Å². The van der Waals surface area contributed by atoms with Gasteiger partial charge in [-0.25, -0.2) is 8.78 Å². The predicted octanol–water partition coefficient (Wildman–Crippen LogP) is 3.92. The summed E-state index contributed by atoms with van der Waals surface area (Å²) in [5.41, 5.74) is 0.397. The Kier molecular flexibility index (Phi) is 4.44. The Morgan fingerprint density at radius 1 is 1.28 bits per heavy atom. The summed E-state index contributed by atoms with van der Waals surface area (Å²) in [6.07, 6.45) is 1.61. The third-order valence-corrected chi connectivity index (χ3v) is 3.88. The second-order valence-corrected chi connectivity index (χ2v) is 5.16. The molecule has 1 heterocycles. The van der Waals surface area contributed by atoms with Gasteiger partial charge in [0.15, 0.2) is 0 Å². The number of hydrogen-bond donors (Lipinski definition) is 1. The lowest BCUT2D eigenvalue weighted by Crippen LogP contribution is -2.18. The molecule has 1 N–H and O–H groups in total. The highest BCUT2D eigenvalue weighted by molar-refractivity contribution is 7.09. The van der Waals surface area contributed by atoms with Crippen LogP contribution in [0.5, 0.6) is 0 Å². The topological polar surface area (TPSA) is 12.0 Å². The van der Waals surface area contributed by atoms with Crippen molar-refractivity contribution in [1.29, 1.82) is 0 Å². The Morgan fingerprint density at radius 2 is 2.11 bits per heavy atom. The fraction of sp³-hybridized carbons (Fsp3) is 0.286. The lowest BCUT2D eigenvalue weighted by molar-refractivity contribution is 0.502. The van der Waals surface area contributed by atoms with Gasteiger partial charge in [-0.1, -0.05) is 6.07 Å². The van der Waals surface area contributed by atoms with E-state index in [9.17, 15) is 8.78 Å². The first-order valence-electron chi connectivity index (χ1n) is 5.85. The second kappa shape index (κ2) is 6.07. The third-order valence-electron chi connectivity index (χ3n) is 2.94. The molecule has 0 aliphatic rings. The first-order chi connectivity index (χ1) is 8.70. The Bertz CT molecular complexity index is 497. The normalized spacial score (nSPS) is 12.6. The molecule has 96 valence electrons. The molecule has 1 unspecified atom stereocenters. The molecule has 0 aliphatic carbocycles. The molecule has 2 aromatic rings. The van der Waals surface area contributed by atoms with Crippen LogP contribution in [0, 0.1) is 11.6 Å². The van der Waals surface area contributed by atoms with E-state index in [1.54, 1.807) is 18.4 Å². The van der Waals surface area contributed by atoms with Crippen LogP contribution < -0.4 is 5.32 Å². The summed E-state index contributed by atoms with van der Waals surface area (Å²) in [7, 11) is 1.77. The maximum Gasteiger partial charge on any atom is 0.128 e. The van der Waals surface area contributed by atoms with Crippen LogP contribution in [-0.4, -0.2) is 7.05 Å². The van der Waals surface area contributed by atoms with Gasteiger partial charge in [0.05, 0.1) is 0 Å². The van der Waals surface area contributed by atoms with Crippen LogP contribution in [0.3, 0.4) is 0 Å². The molecule has 0 fully saturated rings. The number of nitrogens with one attached hydrogen (secondary N) is 1. The highest BCUT2D eigenvalue weighted by atomic mass is 32.1. The summed E-state index contributed by atoms with van der Waals surface area (Å²) in [4.78, 5) is 1.26. The molecule has 0 spiro atoms. The fourth-order valence-corrected chi connectivity index (χ4v) is 2.70. The fourth-order valence-electron chi connectivity index (χ4n) is 1.98. The molecule has 0 bridgehead atoms. The van der Waals surface area contributed by atoms with E-state index in [1.807, 2.05) is 11.4 Å². The minimum Gasteiger partial charge on any atom is -0.313 e. The molecule has 0 saturated carbocycles. The molecular formula is C14H15F2NS. The van der Waals surface area contributed by atoms with Crippen molar-refractivity contribution in [1.82, 2.24) is 5.32 Å². The van der Waals surface area contributed by atoms with E-state index in [0.717, 1.165) is 18.9 Å². The summed E-state index contributed by atoms with van der Waals surface area (Å²) < 4.78 is 26.8. The van der Waals surface area contributed by atoms with E-state index in [2.05, 4.69) is 11.4 Å². The summed E-state index contributed by atoms with van der Waals surface area (Å²) in [6.45, 7) is 0. The zero-order valence-corrected chi connectivity index (χ0v) is 10.9. The quantitative estimate of drug-likeness (QED) is 0.865. The first-order valence-corrected chi connectivity index (χ1v) is 6.73. The minimum atomic E-state index is -0.400. The number of aryl methyl sites for hydroxylation is 1. The Hall–Kier alpha value is -1.26. The number of thiophene rings is 1. The summed E-state index contributed by atoms with van der Waals surface area (Å²) in [5, 5.41) is 5.07. The third kappa shape index (κ3) is 3.15. The van der Waals surface area contributed by atoms with E-state index in [1.165, 1.54) is 17.0 Å². The molecule has 2 rings (SSSR count). The van der Waals surface area contributed by atoms with Gasteiger partial charge in [0.1, 0.15) is 11.6 Å². The van der Waals surface area contributed by atoms with E-state index >= 15 is 0 Å². The van der Waals surface area contributed by atoms with Crippen molar-refractivity contribution in [2.75, 3.05) is 7.05 Å². The monoisotopic (exact) mass is 267 g/mol. The molecule has 0 amide bonds. The second-order valence-electron chi connectivity index (χ2n) is 4.13. The number of hydrogen-bond acceptors (Lipinski definition) is 2. The van der Waals surface area contributed by atoms with Crippen LogP contribution in [0.15, 0.2) is 35.7 Å². The number of halogens is 2. The zero-order valence-electron chi connectivity index (χ0n) is 10.1. The van der Waals surface area contributed by atoms with Crippen molar-refractivity contribution in [3.63, 3.8) is 0 Å². The Morgan fingerprint density at radius 3 is 2.78 bits per heavy atom. The summed E-state index contributed by atoms with van der Waals surface area (Å²) in [5.74, 6) is -0.760. The van der Waals surface area contributed by atoms with Gasteiger partial charge in [-0.15, -0.1) is 11.3 Å². The highest BCUT2D eigenvalue weighted by Gasteiger charge is 2.15. The maximum atomic E-state index is 13.7. The van der Waals surface area contributed by atoms with Gasteiger partial charge >= 0.3 is 0 Å². The molecule has 0 saturated heterocycles. The lowest BCUT2D eigenvalue weighted by Gasteiger charge is -2.17. The van der Waals surface area contributed by atoms with Gasteiger partial charge in [-0.2, -0.15) is 0 Å². The van der Waals surface area contributed by atoms with E-state index < -0.39 is 5.82 Å². The van der Waals surface area contributed by atoms with Crippen LogP contribution >= 0.6 is 11.3 Å². The predicted molar refractivity (Wildman–Crippen MR) is 70.8 cm³/mol. The van der Waals surface area contributed by atoms with E-state index in [0.29, 0.717) is 5.56 Å². The van der Waals surface area contributed by atoms with E-state index in [4.69, 9.17) is 0 Å². The van der Waals surface area contributed by atoms with Crippen LogP contribution in [-0.2, 0) is 6.42 Å². The smallest absolute Gasteiger partial charge is 0.128 e. The molecular weight excluding hydrogens is 252 g/mol. The molecule has 4 heteroatoms. The van der Waals surface area contributed by atoms with Crippen molar-refractivity contribution in [3.05, 3.63) is 57.8 Å². The maximum absolute atomic E-state index is 13.7. The van der Waals surface area contributed by atoms with Crippen LogP contribution in [0.1, 0.15) is 22.9 Å². The summed E-state index contributed by atoms with van der Waals surface area (Å²) in [6, 6.07) is 7.48. The molecule has 1 nitrogen and oxygen atoms in total. The first kappa shape index (κ1) is 13.2. The van der Waals surface area contributed by atoms with Crippen molar-refractivity contribution in [2.24, 2.45) is 0 Å². The van der Waals surface area contributed by atoms with Gasteiger partial charge < -0.3 is 5.32 Å². The lowest BCUT2D eigenvalue weighted by atomic mass is 10.0. The average molecular weight is 267 g/mol. The highest BCUT2D eigenvalue weighted by Crippen LogP contribution is 2.23. The van der Waals surface area contributed by atoms with Gasteiger partial charge in [-0.3, -0.25) is 0 Å². The molecule has 1 aromatic heterocycles. The van der Waals surface area contributed by atoms with Crippen LogP contribution in [0.25, 0.3) is 0 Å². The Balaban J connectivity index is 2.10. The molecule has 0 aliphatic heterocycles. The molecule has 1 atom stereocenters. The van der Waals surface area contributed by atoms with E-state index in [-0.39, 0.29) is 11.9 Å². The molecule has 18 heavy (non-hydrogen) atoms. The van der Waals surface area contributed by atoms with Gasteiger partial charge in [0.2, 0.25) is 0 Å². The van der Waals surface area contributed by atoms with Gasteiger partial charge in [-0.05, 0) is 49.5 Å². The standard InChI is InChI=1S/C14H15F2NS/c1-17-14(7-5-11-3-2-8-18-11)12-9-10(15)4-6-13(12)16/h2-4,6,8-9,14,17H,5,7H2,1H3. The number of benzene rings is 1. The summed E-state index contributed by atoms with van der Waals surface area (Å²) >= 11 is 1.68. The largest absolute Gasteiger partial charge is 0.313 e. The average Bonchev–Trinajstić information content (AvgIpc) is 2.87. The molecule has 0 radical (unpaired) electrons. The van der Waals surface area contributed by atoms with Crippen molar-refractivity contribution < 1.29 is 8.78 Å².